The molecule has 0 saturated heterocycles. The van der Waals surface area contributed by atoms with E-state index in [4.69, 9.17) is 9.47 Å². The van der Waals surface area contributed by atoms with E-state index in [2.05, 4.69) is 0 Å². The molecule has 0 heterocycles. The van der Waals surface area contributed by atoms with Crippen LogP contribution in [-0.4, -0.2) is 30.9 Å². The predicted molar refractivity (Wildman–Crippen MR) is 73.2 cm³/mol. The van der Waals surface area contributed by atoms with E-state index >= 15 is 0 Å². The highest BCUT2D eigenvalue weighted by atomic mass is 19.1. The Labute approximate surface area is 118 Å². The first-order chi connectivity index (χ1) is 9.31. The van der Waals surface area contributed by atoms with Crippen LogP contribution in [0.3, 0.4) is 0 Å². The quantitative estimate of drug-likeness (QED) is 0.815. The number of hydrogen-bond donors (Lipinski definition) is 1. The summed E-state index contributed by atoms with van der Waals surface area (Å²) in [6.45, 7) is 5.63. The summed E-state index contributed by atoms with van der Waals surface area (Å²) < 4.78 is 23.1. The van der Waals surface area contributed by atoms with Crippen LogP contribution in [-0.2, 0) is 14.9 Å². The summed E-state index contributed by atoms with van der Waals surface area (Å²) in [4.78, 5) is 11.5. The van der Waals surface area contributed by atoms with Crippen LogP contribution >= 0.6 is 0 Å². The molecule has 0 aliphatic rings. The van der Waals surface area contributed by atoms with Gasteiger partial charge in [-0.1, -0.05) is 19.9 Å². The van der Waals surface area contributed by atoms with E-state index in [1.54, 1.807) is 19.1 Å². The van der Waals surface area contributed by atoms with Gasteiger partial charge in [-0.25, -0.2) is 9.18 Å². The van der Waals surface area contributed by atoms with Gasteiger partial charge in [-0.15, -0.1) is 0 Å². The highest BCUT2D eigenvalue weighted by Crippen LogP contribution is 2.32. The van der Waals surface area contributed by atoms with Crippen molar-refractivity contribution in [3.05, 3.63) is 29.6 Å². The lowest BCUT2D eigenvalue weighted by Crippen LogP contribution is -2.31. The zero-order valence-corrected chi connectivity index (χ0v) is 12.3. The molecule has 0 fully saturated rings. The van der Waals surface area contributed by atoms with Gasteiger partial charge in [-0.3, -0.25) is 0 Å². The lowest BCUT2D eigenvalue weighted by molar-refractivity contribution is -0.154. The van der Waals surface area contributed by atoms with Crippen LogP contribution < -0.4 is 4.74 Å². The molecule has 1 aromatic carbocycles. The number of aliphatic hydroxyl groups excluding tert-OH is 1. The summed E-state index contributed by atoms with van der Waals surface area (Å²) in [5.74, 6) is -0.950. The maximum Gasteiger partial charge on any atom is 0.334 e. The first kappa shape index (κ1) is 16.4. The topological polar surface area (TPSA) is 55.8 Å². The maximum atomic E-state index is 13.4. The first-order valence-corrected chi connectivity index (χ1v) is 6.50. The van der Waals surface area contributed by atoms with Crippen molar-refractivity contribution in [2.24, 2.45) is 0 Å². The molecule has 0 radical (unpaired) electrons. The summed E-state index contributed by atoms with van der Waals surface area (Å²) in [6, 6.07) is 4.51. The van der Waals surface area contributed by atoms with Crippen molar-refractivity contribution in [3.63, 3.8) is 0 Å². The first-order valence-electron chi connectivity index (χ1n) is 6.50. The average Bonchev–Trinajstić information content (AvgIpc) is 2.38. The van der Waals surface area contributed by atoms with Gasteiger partial charge in [-0.05, 0) is 36.5 Å². The molecule has 20 heavy (non-hydrogen) atoms. The number of carbonyl (C=O) groups is 1. The second kappa shape index (κ2) is 6.70. The van der Waals surface area contributed by atoms with Gasteiger partial charge in [0.05, 0.1) is 13.7 Å². The Morgan fingerprint density at radius 2 is 2.10 bits per heavy atom. The number of halogens is 1. The molecule has 0 spiro atoms. The Morgan fingerprint density at radius 3 is 2.65 bits per heavy atom. The highest BCUT2D eigenvalue weighted by Gasteiger charge is 2.29. The molecule has 5 heteroatoms. The fourth-order valence-electron chi connectivity index (χ4n) is 2.00. The van der Waals surface area contributed by atoms with Gasteiger partial charge >= 0.3 is 5.97 Å². The Kier molecular flexibility index (Phi) is 5.51. The number of rotatable bonds is 6. The normalized spacial score (nSPS) is 12.9. The second-order valence-corrected chi connectivity index (χ2v) is 5.21. The highest BCUT2D eigenvalue weighted by molar-refractivity contribution is 5.74. The number of esters is 1. The molecule has 1 unspecified atom stereocenters. The van der Waals surface area contributed by atoms with Crippen molar-refractivity contribution >= 4 is 5.97 Å². The van der Waals surface area contributed by atoms with Crippen LogP contribution in [0, 0.1) is 5.82 Å². The van der Waals surface area contributed by atoms with E-state index in [0.717, 1.165) is 5.56 Å². The van der Waals surface area contributed by atoms with E-state index in [-0.39, 0.29) is 18.8 Å². The van der Waals surface area contributed by atoms with Gasteiger partial charge in [0.25, 0.3) is 0 Å². The van der Waals surface area contributed by atoms with E-state index < -0.39 is 23.3 Å². The minimum atomic E-state index is -1.21. The standard InChI is InChI=1S/C15H21FO4/c1-5-20-14(18)12(17)9-15(2,3)10-6-7-11(16)13(8-10)19-4/h6-8,12,17H,5,9H2,1-4H3. The molecule has 0 aromatic heterocycles. The van der Waals surface area contributed by atoms with Gasteiger partial charge in [0, 0.05) is 0 Å². The van der Waals surface area contributed by atoms with Gasteiger partial charge in [0.1, 0.15) is 0 Å². The van der Waals surface area contributed by atoms with Gasteiger partial charge in [0.2, 0.25) is 0 Å². The van der Waals surface area contributed by atoms with Crippen LogP contribution in [0.25, 0.3) is 0 Å². The number of hydrogen-bond acceptors (Lipinski definition) is 4. The Balaban J connectivity index is 2.90. The van der Waals surface area contributed by atoms with Gasteiger partial charge in [-0.2, -0.15) is 0 Å². The lowest BCUT2D eigenvalue weighted by Gasteiger charge is -2.27. The number of methoxy groups -OCH3 is 1. The van der Waals surface area contributed by atoms with Crippen molar-refractivity contribution in [3.8, 4) is 5.75 Å². The molecule has 1 N–H and O–H groups in total. The molecule has 0 bridgehead atoms. The van der Waals surface area contributed by atoms with Crippen molar-refractivity contribution < 1.29 is 23.8 Å². The number of benzene rings is 1. The maximum absolute atomic E-state index is 13.4. The van der Waals surface area contributed by atoms with Crippen molar-refractivity contribution in [1.82, 2.24) is 0 Å². The van der Waals surface area contributed by atoms with Crippen LogP contribution in [0.5, 0.6) is 5.75 Å². The molecule has 0 amide bonds. The minimum Gasteiger partial charge on any atom is -0.494 e. The van der Waals surface area contributed by atoms with Gasteiger partial charge < -0.3 is 14.6 Å². The van der Waals surface area contributed by atoms with E-state index in [0.29, 0.717) is 0 Å². The van der Waals surface area contributed by atoms with E-state index in [9.17, 15) is 14.3 Å². The molecule has 1 rings (SSSR count). The van der Waals surface area contributed by atoms with Gasteiger partial charge in [0.15, 0.2) is 17.7 Å². The third kappa shape index (κ3) is 3.93. The van der Waals surface area contributed by atoms with Crippen molar-refractivity contribution in [2.75, 3.05) is 13.7 Å². The van der Waals surface area contributed by atoms with Crippen LogP contribution in [0.2, 0.25) is 0 Å². The third-order valence-corrected chi connectivity index (χ3v) is 3.19. The Morgan fingerprint density at radius 1 is 1.45 bits per heavy atom. The predicted octanol–water partition coefficient (Wildman–Crippen LogP) is 2.43. The Bertz CT molecular complexity index is 471. The molecular formula is C15H21FO4. The molecule has 4 nitrogen and oxygen atoms in total. The summed E-state index contributed by atoms with van der Waals surface area (Å²) in [5, 5.41) is 9.85. The van der Waals surface area contributed by atoms with Crippen LogP contribution in [0.4, 0.5) is 4.39 Å². The monoisotopic (exact) mass is 284 g/mol. The molecule has 0 saturated carbocycles. The number of ether oxygens (including phenoxy) is 2. The SMILES string of the molecule is CCOC(=O)C(O)CC(C)(C)c1ccc(F)c(OC)c1. The fourth-order valence-corrected chi connectivity index (χ4v) is 2.00. The summed E-state index contributed by atoms with van der Waals surface area (Å²) >= 11 is 0. The van der Waals surface area contributed by atoms with Crippen LogP contribution in [0.1, 0.15) is 32.8 Å². The third-order valence-electron chi connectivity index (χ3n) is 3.19. The minimum absolute atomic E-state index is 0.140. The number of carbonyl (C=O) groups excluding carboxylic acids is 1. The largest absolute Gasteiger partial charge is 0.494 e. The summed E-state index contributed by atoms with van der Waals surface area (Å²) in [5.41, 5.74) is 0.256. The van der Waals surface area contributed by atoms with Crippen molar-refractivity contribution in [1.29, 1.82) is 0 Å². The summed E-state index contributed by atoms with van der Waals surface area (Å²) in [7, 11) is 1.39. The smallest absolute Gasteiger partial charge is 0.334 e. The van der Waals surface area contributed by atoms with E-state index in [1.807, 2.05) is 13.8 Å². The zero-order chi connectivity index (χ0) is 15.3. The number of aliphatic hydroxyl groups is 1. The molecule has 112 valence electrons. The van der Waals surface area contributed by atoms with Crippen molar-refractivity contribution in [2.45, 2.75) is 38.7 Å². The average molecular weight is 284 g/mol. The molecular weight excluding hydrogens is 263 g/mol. The molecule has 1 atom stereocenters. The molecule has 1 aromatic rings. The van der Waals surface area contributed by atoms with E-state index in [1.165, 1.54) is 13.2 Å². The summed E-state index contributed by atoms with van der Waals surface area (Å²) in [6.07, 6.45) is -1.03. The zero-order valence-electron chi connectivity index (χ0n) is 12.3. The Hall–Kier alpha value is -1.62. The fraction of sp³-hybridized carbons (Fsp3) is 0.533. The van der Waals surface area contributed by atoms with Crippen LogP contribution in [0.15, 0.2) is 18.2 Å². The molecule has 0 aliphatic carbocycles. The lowest BCUT2D eigenvalue weighted by atomic mass is 9.79. The second-order valence-electron chi connectivity index (χ2n) is 5.21. The molecule has 0 aliphatic heterocycles.